The zero-order valence-corrected chi connectivity index (χ0v) is 12.0. The molecular formula is C9H6Cl3N3O2S. The molecule has 0 aliphatic carbocycles. The predicted octanol–water partition coefficient (Wildman–Crippen LogP) is 2.72. The molecule has 0 radical (unpaired) electrons. The van der Waals surface area contributed by atoms with Crippen LogP contribution in [0.15, 0.2) is 23.4 Å². The lowest BCUT2D eigenvalue weighted by atomic mass is 10.2. The smallest absolute Gasteiger partial charge is 0.296 e. The zero-order chi connectivity index (χ0) is 13.5. The van der Waals surface area contributed by atoms with E-state index in [9.17, 15) is 8.42 Å². The summed E-state index contributed by atoms with van der Waals surface area (Å²) in [4.78, 5) is 0. The number of halogens is 3. The summed E-state index contributed by atoms with van der Waals surface area (Å²) in [7, 11) is 2.74. The maximum atomic E-state index is 11.2. The third-order valence-corrected chi connectivity index (χ3v) is 3.99. The van der Waals surface area contributed by atoms with E-state index in [0.717, 1.165) is 0 Å². The Hall–Kier alpha value is -0.820. The lowest BCUT2D eigenvalue weighted by Crippen LogP contribution is -2.03. The highest BCUT2D eigenvalue weighted by Gasteiger charge is 2.22. The molecule has 0 saturated heterocycles. The van der Waals surface area contributed by atoms with E-state index in [4.69, 9.17) is 33.9 Å². The molecule has 0 unspecified atom stereocenters. The molecule has 0 saturated carbocycles. The number of aromatic nitrogens is 3. The van der Waals surface area contributed by atoms with Gasteiger partial charge < -0.3 is 0 Å². The van der Waals surface area contributed by atoms with Gasteiger partial charge in [-0.25, -0.2) is 8.42 Å². The minimum Gasteiger partial charge on any atom is -0.300 e. The largest absolute Gasteiger partial charge is 0.300 e. The maximum Gasteiger partial charge on any atom is 0.296 e. The number of hydrogen-bond acceptors (Lipinski definition) is 4. The third kappa shape index (κ3) is 2.47. The lowest BCUT2D eigenvalue weighted by molar-refractivity contribution is 0.593. The standard InChI is InChI=1S/C9H6Cl3N3O2S/c1-15-8(13-14-9(15)18(12,16)17)6-4-5(10)2-3-7(6)11/h2-4H,1H3. The Balaban J connectivity index is 2.67. The molecule has 0 amide bonds. The normalized spacial score (nSPS) is 11.8. The molecule has 9 heteroatoms. The van der Waals surface area contributed by atoms with Crippen LogP contribution in [-0.4, -0.2) is 23.2 Å². The summed E-state index contributed by atoms with van der Waals surface area (Å²) in [5, 5.41) is 7.77. The van der Waals surface area contributed by atoms with Crippen LogP contribution in [0.25, 0.3) is 11.4 Å². The van der Waals surface area contributed by atoms with Crippen LogP contribution in [0.4, 0.5) is 0 Å². The molecule has 0 aliphatic rings. The molecule has 1 heterocycles. The van der Waals surface area contributed by atoms with Crippen molar-refractivity contribution in [3.05, 3.63) is 28.2 Å². The van der Waals surface area contributed by atoms with Gasteiger partial charge in [-0.1, -0.05) is 23.2 Å². The van der Waals surface area contributed by atoms with Gasteiger partial charge in [0.1, 0.15) is 0 Å². The van der Waals surface area contributed by atoms with Crippen molar-refractivity contribution in [1.29, 1.82) is 0 Å². The van der Waals surface area contributed by atoms with E-state index in [2.05, 4.69) is 10.2 Å². The lowest BCUT2D eigenvalue weighted by Gasteiger charge is -2.04. The maximum absolute atomic E-state index is 11.2. The van der Waals surface area contributed by atoms with E-state index in [1.807, 2.05) is 0 Å². The van der Waals surface area contributed by atoms with Gasteiger partial charge in [0.2, 0.25) is 0 Å². The monoisotopic (exact) mass is 325 g/mol. The van der Waals surface area contributed by atoms with Gasteiger partial charge in [0, 0.05) is 28.3 Å². The van der Waals surface area contributed by atoms with E-state index in [1.165, 1.54) is 11.6 Å². The molecular weight excluding hydrogens is 321 g/mol. The number of nitrogens with zero attached hydrogens (tertiary/aromatic N) is 3. The summed E-state index contributed by atoms with van der Waals surface area (Å²) in [5.74, 6) is 0.265. The molecule has 0 aliphatic heterocycles. The summed E-state index contributed by atoms with van der Waals surface area (Å²) in [6.45, 7) is 0. The quantitative estimate of drug-likeness (QED) is 0.796. The fourth-order valence-electron chi connectivity index (χ4n) is 1.43. The number of benzene rings is 1. The topological polar surface area (TPSA) is 64.8 Å². The van der Waals surface area contributed by atoms with Gasteiger partial charge in [0.05, 0.1) is 5.02 Å². The Morgan fingerprint density at radius 2 is 1.89 bits per heavy atom. The first-order chi connectivity index (χ1) is 8.30. The van der Waals surface area contributed by atoms with Crippen molar-refractivity contribution < 1.29 is 8.42 Å². The molecule has 96 valence electrons. The third-order valence-electron chi connectivity index (χ3n) is 2.22. The number of hydrogen-bond donors (Lipinski definition) is 0. The summed E-state index contributed by atoms with van der Waals surface area (Å²) >= 11 is 11.9. The van der Waals surface area contributed by atoms with Crippen molar-refractivity contribution in [2.24, 2.45) is 7.05 Å². The summed E-state index contributed by atoms with van der Waals surface area (Å²) < 4.78 is 23.7. The van der Waals surface area contributed by atoms with Gasteiger partial charge in [0.15, 0.2) is 5.82 Å². The minimum absolute atomic E-state index is 0.265. The van der Waals surface area contributed by atoms with Crippen molar-refractivity contribution in [3.8, 4) is 11.4 Å². The molecule has 0 spiro atoms. The van der Waals surface area contributed by atoms with Crippen LogP contribution in [0.3, 0.4) is 0 Å². The fourth-order valence-corrected chi connectivity index (χ4v) is 2.76. The van der Waals surface area contributed by atoms with Gasteiger partial charge in [-0.05, 0) is 18.2 Å². The molecule has 0 atom stereocenters. The molecule has 1 aromatic heterocycles. The van der Waals surface area contributed by atoms with Crippen LogP contribution in [-0.2, 0) is 16.1 Å². The van der Waals surface area contributed by atoms with E-state index in [0.29, 0.717) is 15.6 Å². The van der Waals surface area contributed by atoms with E-state index >= 15 is 0 Å². The van der Waals surface area contributed by atoms with Gasteiger partial charge in [-0.2, -0.15) is 0 Å². The van der Waals surface area contributed by atoms with Crippen molar-refractivity contribution in [2.45, 2.75) is 5.16 Å². The van der Waals surface area contributed by atoms with Gasteiger partial charge in [-0.3, -0.25) is 4.57 Å². The molecule has 0 fully saturated rings. The molecule has 2 rings (SSSR count). The van der Waals surface area contributed by atoms with Crippen LogP contribution in [0.2, 0.25) is 10.0 Å². The predicted molar refractivity (Wildman–Crippen MR) is 69.5 cm³/mol. The fraction of sp³-hybridized carbons (Fsp3) is 0.111. The summed E-state index contributed by atoms with van der Waals surface area (Å²) in [6, 6.07) is 4.77. The van der Waals surface area contributed by atoms with Gasteiger partial charge in [0.25, 0.3) is 14.2 Å². The molecule has 2 aromatic rings. The highest BCUT2D eigenvalue weighted by Crippen LogP contribution is 2.30. The Morgan fingerprint density at radius 1 is 1.22 bits per heavy atom. The Bertz CT molecular complexity index is 712. The van der Waals surface area contributed by atoms with E-state index in [-0.39, 0.29) is 11.0 Å². The summed E-state index contributed by atoms with van der Waals surface area (Å²) in [6.07, 6.45) is 0. The molecule has 18 heavy (non-hydrogen) atoms. The first-order valence-electron chi connectivity index (χ1n) is 4.60. The van der Waals surface area contributed by atoms with Crippen molar-refractivity contribution >= 4 is 42.9 Å². The van der Waals surface area contributed by atoms with Crippen LogP contribution in [0.1, 0.15) is 0 Å². The van der Waals surface area contributed by atoms with E-state index in [1.54, 1.807) is 18.2 Å². The van der Waals surface area contributed by atoms with Gasteiger partial charge in [-0.15, -0.1) is 10.2 Å². The molecule has 0 bridgehead atoms. The minimum atomic E-state index is -3.96. The van der Waals surface area contributed by atoms with Crippen molar-refractivity contribution in [2.75, 3.05) is 0 Å². The zero-order valence-electron chi connectivity index (χ0n) is 8.93. The average molecular weight is 327 g/mol. The van der Waals surface area contributed by atoms with Crippen LogP contribution in [0, 0.1) is 0 Å². The Kier molecular flexibility index (Phi) is 3.55. The second-order valence-corrected chi connectivity index (χ2v) is 6.73. The SMILES string of the molecule is Cn1c(-c2cc(Cl)ccc2Cl)nnc1S(=O)(=O)Cl. The highest BCUT2D eigenvalue weighted by molar-refractivity contribution is 8.13. The van der Waals surface area contributed by atoms with Crippen molar-refractivity contribution in [1.82, 2.24) is 14.8 Å². The van der Waals surface area contributed by atoms with E-state index < -0.39 is 9.05 Å². The Labute approximate surface area is 118 Å². The first kappa shape index (κ1) is 13.6. The second kappa shape index (κ2) is 4.70. The second-order valence-electron chi connectivity index (χ2n) is 3.43. The van der Waals surface area contributed by atoms with Gasteiger partial charge >= 0.3 is 0 Å². The highest BCUT2D eigenvalue weighted by atomic mass is 35.7. The van der Waals surface area contributed by atoms with Crippen molar-refractivity contribution in [3.63, 3.8) is 0 Å². The number of rotatable bonds is 2. The molecule has 5 nitrogen and oxygen atoms in total. The Morgan fingerprint density at radius 3 is 2.44 bits per heavy atom. The molecule has 1 aromatic carbocycles. The van der Waals surface area contributed by atoms with Crippen LogP contribution >= 0.6 is 33.9 Å². The van der Waals surface area contributed by atoms with Crippen LogP contribution in [0.5, 0.6) is 0 Å². The molecule has 0 N–H and O–H groups in total. The average Bonchev–Trinajstić information content (AvgIpc) is 2.63. The summed E-state index contributed by atoms with van der Waals surface area (Å²) in [5.41, 5.74) is 0.478. The van der Waals surface area contributed by atoms with Crippen LogP contribution < -0.4 is 0 Å². The first-order valence-corrected chi connectivity index (χ1v) is 7.66.